The van der Waals surface area contributed by atoms with E-state index >= 15 is 0 Å². The number of H-pyrrole nitrogens is 1. The summed E-state index contributed by atoms with van der Waals surface area (Å²) in [5.41, 5.74) is 2.38. The van der Waals surface area contributed by atoms with Gasteiger partial charge in [-0.05, 0) is 30.5 Å². The second-order valence-electron chi connectivity index (χ2n) is 7.02. The second kappa shape index (κ2) is 7.17. The number of aromatic amines is 1. The molecule has 2 aliphatic rings. The summed E-state index contributed by atoms with van der Waals surface area (Å²) in [5, 5.41) is 6.31. The Labute approximate surface area is 151 Å². The molecule has 0 saturated carbocycles. The van der Waals surface area contributed by atoms with Crippen LogP contribution in [-0.2, 0) is 21.4 Å². The van der Waals surface area contributed by atoms with Crippen LogP contribution in [0.25, 0.3) is 0 Å². The number of fused-ring (bicyclic) bond motifs is 1. The van der Waals surface area contributed by atoms with E-state index in [4.69, 9.17) is 4.74 Å². The normalized spacial score (nSPS) is 21.8. The Balaban J connectivity index is 1.52. The van der Waals surface area contributed by atoms with Gasteiger partial charge in [0.25, 0.3) is 0 Å². The van der Waals surface area contributed by atoms with Crippen LogP contribution >= 0.6 is 0 Å². The maximum atomic E-state index is 13.8. The number of hydrogen-bond acceptors (Lipinski definition) is 4. The van der Waals surface area contributed by atoms with Crippen molar-refractivity contribution in [3.63, 3.8) is 0 Å². The number of nitrogens with zero attached hydrogens (tertiary/aromatic N) is 1. The first-order chi connectivity index (χ1) is 12.7. The highest BCUT2D eigenvalue weighted by molar-refractivity contribution is 5.83. The van der Waals surface area contributed by atoms with E-state index in [-0.39, 0.29) is 17.1 Å². The Morgan fingerprint density at radius 1 is 1.38 bits per heavy atom. The highest BCUT2D eigenvalue weighted by Crippen LogP contribution is 2.35. The summed E-state index contributed by atoms with van der Waals surface area (Å²) in [6, 6.07) is 6.23. The Kier molecular flexibility index (Phi) is 4.74. The zero-order valence-corrected chi connectivity index (χ0v) is 14.6. The highest BCUT2D eigenvalue weighted by Gasteiger charge is 2.36. The Bertz CT molecular complexity index is 785. The van der Waals surface area contributed by atoms with Crippen molar-refractivity contribution in [2.75, 3.05) is 26.3 Å². The first-order valence-electron chi connectivity index (χ1n) is 9.05. The summed E-state index contributed by atoms with van der Waals surface area (Å²) >= 11 is 0. The van der Waals surface area contributed by atoms with E-state index in [1.54, 1.807) is 18.5 Å². The van der Waals surface area contributed by atoms with Gasteiger partial charge >= 0.3 is 0 Å². The Morgan fingerprint density at radius 3 is 3.04 bits per heavy atom. The van der Waals surface area contributed by atoms with Gasteiger partial charge in [0.2, 0.25) is 5.91 Å². The minimum atomic E-state index is -0.450. The van der Waals surface area contributed by atoms with Crippen molar-refractivity contribution < 1.29 is 13.9 Å². The molecule has 1 atom stereocenters. The number of ether oxygens (including phenoxy) is 1. The fourth-order valence-corrected chi connectivity index (χ4v) is 3.94. The van der Waals surface area contributed by atoms with Crippen LogP contribution in [0.5, 0.6) is 0 Å². The first-order valence-corrected chi connectivity index (χ1v) is 9.05. The van der Waals surface area contributed by atoms with Gasteiger partial charge in [-0.1, -0.05) is 12.1 Å². The lowest BCUT2D eigenvalue weighted by molar-refractivity contribution is -0.124. The molecule has 2 aliphatic heterocycles. The average molecular weight is 358 g/mol. The molecule has 1 amide bonds. The van der Waals surface area contributed by atoms with E-state index in [2.05, 4.69) is 20.6 Å². The highest BCUT2D eigenvalue weighted by atomic mass is 19.1. The number of hydrogen-bond donors (Lipinski definition) is 3. The minimum Gasteiger partial charge on any atom is -0.381 e. The zero-order chi connectivity index (χ0) is 18.0. The number of aromatic nitrogens is 2. The van der Waals surface area contributed by atoms with E-state index in [0.29, 0.717) is 19.8 Å². The lowest BCUT2D eigenvalue weighted by Gasteiger charge is -2.38. The third kappa shape index (κ3) is 3.24. The molecule has 0 unspecified atom stereocenters. The van der Waals surface area contributed by atoms with Gasteiger partial charge in [-0.3, -0.25) is 4.79 Å². The van der Waals surface area contributed by atoms with E-state index in [9.17, 15) is 9.18 Å². The molecule has 3 heterocycles. The van der Waals surface area contributed by atoms with E-state index in [1.165, 1.54) is 6.07 Å². The van der Waals surface area contributed by atoms with Gasteiger partial charge in [0.1, 0.15) is 11.9 Å². The SMILES string of the molecule is O=C(NCC1(c2cccc(F)c2)CCOCC1)[C@@H]1NCCc2[nH]cnc21. The molecule has 0 radical (unpaired) electrons. The van der Waals surface area contributed by atoms with Crippen molar-refractivity contribution in [2.24, 2.45) is 0 Å². The zero-order valence-electron chi connectivity index (χ0n) is 14.6. The molecule has 1 aromatic heterocycles. The minimum absolute atomic E-state index is 0.0969. The molecule has 0 spiro atoms. The van der Waals surface area contributed by atoms with Gasteiger partial charge in [0.05, 0.1) is 12.0 Å². The number of nitrogens with one attached hydrogen (secondary N) is 3. The van der Waals surface area contributed by atoms with Gasteiger partial charge in [-0.15, -0.1) is 0 Å². The monoisotopic (exact) mass is 358 g/mol. The van der Waals surface area contributed by atoms with Crippen molar-refractivity contribution in [3.05, 3.63) is 53.4 Å². The number of imidazole rings is 1. The van der Waals surface area contributed by atoms with Crippen molar-refractivity contribution >= 4 is 5.91 Å². The average Bonchev–Trinajstić information content (AvgIpc) is 3.16. The van der Waals surface area contributed by atoms with Crippen molar-refractivity contribution in [3.8, 4) is 0 Å². The molecule has 3 N–H and O–H groups in total. The molecule has 0 aliphatic carbocycles. The predicted molar refractivity (Wildman–Crippen MR) is 94.2 cm³/mol. The van der Waals surface area contributed by atoms with Crippen LogP contribution in [0.2, 0.25) is 0 Å². The summed E-state index contributed by atoms with van der Waals surface area (Å²) in [6.07, 6.45) is 3.97. The van der Waals surface area contributed by atoms with Gasteiger partial charge in [-0.2, -0.15) is 0 Å². The number of carbonyl (C=O) groups is 1. The maximum Gasteiger partial charge on any atom is 0.243 e. The predicted octanol–water partition coefficient (Wildman–Crippen LogP) is 1.60. The first kappa shape index (κ1) is 17.2. The van der Waals surface area contributed by atoms with Crippen LogP contribution in [0.4, 0.5) is 4.39 Å². The third-order valence-corrected chi connectivity index (χ3v) is 5.50. The topological polar surface area (TPSA) is 79.0 Å². The van der Waals surface area contributed by atoms with Crippen LogP contribution in [0.1, 0.15) is 35.8 Å². The van der Waals surface area contributed by atoms with Gasteiger partial charge < -0.3 is 20.4 Å². The van der Waals surface area contributed by atoms with Crippen molar-refractivity contribution in [2.45, 2.75) is 30.7 Å². The van der Waals surface area contributed by atoms with Gasteiger partial charge in [-0.25, -0.2) is 9.37 Å². The van der Waals surface area contributed by atoms with E-state index in [1.807, 2.05) is 6.07 Å². The molecule has 6 nitrogen and oxygen atoms in total. The van der Waals surface area contributed by atoms with Crippen LogP contribution < -0.4 is 10.6 Å². The molecule has 2 aromatic rings. The standard InChI is InChI=1S/C19H23FN4O2/c20-14-3-1-2-13(10-14)19(5-8-26-9-6-19)11-22-18(25)17-16-15(4-7-21-17)23-12-24-16/h1-3,10,12,17,21H,4-9,11H2,(H,22,25)(H,23,24)/t17-/m1/s1. The molecular weight excluding hydrogens is 335 g/mol. The quantitative estimate of drug-likeness (QED) is 0.776. The number of carbonyl (C=O) groups excluding carboxylic acids is 1. The molecule has 4 rings (SSSR count). The second-order valence-corrected chi connectivity index (χ2v) is 7.02. The molecular formula is C19H23FN4O2. The molecule has 1 saturated heterocycles. The van der Waals surface area contributed by atoms with Gasteiger partial charge in [0, 0.05) is 43.8 Å². The number of amides is 1. The molecule has 1 aromatic carbocycles. The smallest absolute Gasteiger partial charge is 0.243 e. The Hall–Kier alpha value is -2.25. The maximum absolute atomic E-state index is 13.8. The van der Waals surface area contributed by atoms with E-state index < -0.39 is 6.04 Å². The lowest BCUT2D eigenvalue weighted by atomic mass is 9.74. The number of rotatable bonds is 4. The van der Waals surface area contributed by atoms with Crippen LogP contribution in [0.15, 0.2) is 30.6 Å². The van der Waals surface area contributed by atoms with Crippen molar-refractivity contribution in [1.82, 2.24) is 20.6 Å². The van der Waals surface area contributed by atoms with Crippen LogP contribution in [0.3, 0.4) is 0 Å². The van der Waals surface area contributed by atoms with E-state index in [0.717, 1.165) is 42.8 Å². The summed E-state index contributed by atoms with van der Waals surface area (Å²) in [4.78, 5) is 20.2. The molecule has 7 heteroatoms. The molecule has 1 fully saturated rings. The number of halogens is 1. The van der Waals surface area contributed by atoms with Crippen LogP contribution in [0, 0.1) is 5.82 Å². The Morgan fingerprint density at radius 2 is 2.23 bits per heavy atom. The summed E-state index contributed by atoms with van der Waals surface area (Å²) in [7, 11) is 0. The molecule has 26 heavy (non-hydrogen) atoms. The fourth-order valence-electron chi connectivity index (χ4n) is 3.94. The molecule has 138 valence electrons. The lowest BCUT2D eigenvalue weighted by Crippen LogP contribution is -2.48. The van der Waals surface area contributed by atoms with Crippen LogP contribution in [-0.4, -0.2) is 42.2 Å². The summed E-state index contributed by atoms with van der Waals surface area (Å²) in [6.45, 7) is 2.40. The summed E-state index contributed by atoms with van der Waals surface area (Å²) in [5.74, 6) is -0.352. The number of benzene rings is 1. The largest absolute Gasteiger partial charge is 0.381 e. The summed E-state index contributed by atoms with van der Waals surface area (Å²) < 4.78 is 19.3. The van der Waals surface area contributed by atoms with Gasteiger partial charge in [0.15, 0.2) is 0 Å². The fraction of sp³-hybridized carbons (Fsp3) is 0.474. The third-order valence-electron chi connectivity index (χ3n) is 5.50. The molecule has 0 bridgehead atoms. The van der Waals surface area contributed by atoms with Crippen molar-refractivity contribution in [1.29, 1.82) is 0 Å².